The minimum absolute atomic E-state index is 0.0525. The molecule has 128 valence electrons. The van der Waals surface area contributed by atoms with Gasteiger partial charge in [0.05, 0.1) is 11.5 Å². The van der Waals surface area contributed by atoms with Gasteiger partial charge in [0, 0.05) is 31.3 Å². The van der Waals surface area contributed by atoms with Crippen molar-refractivity contribution in [2.24, 2.45) is 0 Å². The molecule has 1 amide bonds. The van der Waals surface area contributed by atoms with Crippen molar-refractivity contribution >= 4 is 16.7 Å². The van der Waals surface area contributed by atoms with Gasteiger partial charge in [-0.3, -0.25) is 9.59 Å². The Kier molecular flexibility index (Phi) is 5.15. The normalized spacial score (nSPS) is 17.1. The van der Waals surface area contributed by atoms with Crippen molar-refractivity contribution in [3.05, 3.63) is 40.8 Å². The molecule has 2 heterocycles. The van der Waals surface area contributed by atoms with Crippen molar-refractivity contribution in [3.8, 4) is 5.75 Å². The maximum absolute atomic E-state index is 12.3. The smallest absolute Gasteiger partial charge is 0.258 e. The molecule has 1 fully saturated rings. The Bertz CT molecular complexity index is 778. The van der Waals surface area contributed by atoms with Crippen LogP contribution >= 0.6 is 0 Å². The summed E-state index contributed by atoms with van der Waals surface area (Å²) in [6.07, 6.45) is 3.88. The van der Waals surface area contributed by atoms with Gasteiger partial charge < -0.3 is 19.4 Å². The number of benzene rings is 1. The number of hydrogen-bond donors (Lipinski definition) is 1. The Hall–Kier alpha value is -2.34. The van der Waals surface area contributed by atoms with Crippen LogP contribution < -0.4 is 15.6 Å². The highest BCUT2D eigenvalue weighted by atomic mass is 16.5. The van der Waals surface area contributed by atoms with E-state index in [1.807, 2.05) is 13.0 Å². The monoisotopic (exact) mass is 330 g/mol. The van der Waals surface area contributed by atoms with Gasteiger partial charge in [0.2, 0.25) is 0 Å². The Balaban J connectivity index is 1.65. The highest BCUT2D eigenvalue weighted by molar-refractivity contribution is 5.88. The first-order chi connectivity index (χ1) is 11.7. The molecule has 1 N–H and O–H groups in total. The molecule has 1 aliphatic rings. The van der Waals surface area contributed by atoms with Crippen molar-refractivity contribution in [2.75, 3.05) is 19.8 Å². The number of aromatic nitrogens is 1. The second-order valence-corrected chi connectivity index (χ2v) is 5.85. The number of rotatable bonds is 6. The van der Waals surface area contributed by atoms with Crippen LogP contribution in [0.15, 0.2) is 35.3 Å². The van der Waals surface area contributed by atoms with Gasteiger partial charge in [-0.2, -0.15) is 0 Å². The molecule has 1 unspecified atom stereocenters. The molecule has 1 saturated heterocycles. The Labute approximate surface area is 140 Å². The molecule has 1 aromatic heterocycles. The van der Waals surface area contributed by atoms with Crippen LogP contribution in [0.25, 0.3) is 10.8 Å². The largest absolute Gasteiger partial charge is 0.483 e. The van der Waals surface area contributed by atoms with E-state index in [2.05, 4.69) is 5.32 Å². The molecule has 1 atom stereocenters. The van der Waals surface area contributed by atoms with Crippen LogP contribution in [-0.4, -0.2) is 36.3 Å². The first-order valence-corrected chi connectivity index (χ1v) is 8.32. The van der Waals surface area contributed by atoms with Crippen LogP contribution in [0.5, 0.6) is 5.75 Å². The number of pyridine rings is 1. The number of aryl methyl sites for hydroxylation is 1. The van der Waals surface area contributed by atoms with Gasteiger partial charge in [-0.25, -0.2) is 0 Å². The molecule has 1 aliphatic heterocycles. The third-order valence-electron chi connectivity index (χ3n) is 4.23. The molecule has 0 radical (unpaired) electrons. The summed E-state index contributed by atoms with van der Waals surface area (Å²) in [5.74, 6) is 0.351. The maximum Gasteiger partial charge on any atom is 0.258 e. The summed E-state index contributed by atoms with van der Waals surface area (Å²) in [6, 6.07) is 7.16. The van der Waals surface area contributed by atoms with E-state index >= 15 is 0 Å². The number of nitrogens with one attached hydrogen (secondary N) is 1. The second-order valence-electron chi connectivity index (χ2n) is 5.85. The van der Waals surface area contributed by atoms with Crippen molar-refractivity contribution in [2.45, 2.75) is 32.4 Å². The molecule has 0 aliphatic carbocycles. The minimum Gasteiger partial charge on any atom is -0.483 e. The van der Waals surface area contributed by atoms with Gasteiger partial charge >= 0.3 is 0 Å². The highest BCUT2D eigenvalue weighted by Gasteiger charge is 2.16. The van der Waals surface area contributed by atoms with Gasteiger partial charge in [-0.1, -0.05) is 6.07 Å². The molecule has 1 aromatic carbocycles. The SMILES string of the molecule is CCn1ccc2c(OCC(=O)NCC3CCCO3)cccc2c1=O. The summed E-state index contributed by atoms with van der Waals surface area (Å²) in [7, 11) is 0. The van der Waals surface area contributed by atoms with E-state index in [0.717, 1.165) is 24.8 Å². The summed E-state index contributed by atoms with van der Waals surface area (Å²) in [5.41, 5.74) is -0.0525. The first-order valence-electron chi connectivity index (χ1n) is 8.32. The third-order valence-corrected chi connectivity index (χ3v) is 4.23. The fraction of sp³-hybridized carbons (Fsp3) is 0.444. The molecule has 6 nitrogen and oxygen atoms in total. The lowest BCUT2D eigenvalue weighted by Crippen LogP contribution is -2.35. The third kappa shape index (κ3) is 3.59. The number of carbonyl (C=O) groups is 1. The van der Waals surface area contributed by atoms with E-state index < -0.39 is 0 Å². The van der Waals surface area contributed by atoms with E-state index in [-0.39, 0.29) is 24.2 Å². The highest BCUT2D eigenvalue weighted by Crippen LogP contribution is 2.23. The van der Waals surface area contributed by atoms with Crippen LogP contribution in [0.4, 0.5) is 0 Å². The Morgan fingerprint density at radius 1 is 1.38 bits per heavy atom. The molecule has 3 rings (SSSR count). The summed E-state index contributed by atoms with van der Waals surface area (Å²) in [6.45, 7) is 3.74. The minimum atomic E-state index is -0.190. The van der Waals surface area contributed by atoms with Gasteiger partial charge in [0.15, 0.2) is 6.61 Å². The van der Waals surface area contributed by atoms with E-state index in [1.165, 1.54) is 0 Å². The fourth-order valence-electron chi connectivity index (χ4n) is 2.89. The van der Waals surface area contributed by atoms with E-state index in [9.17, 15) is 9.59 Å². The lowest BCUT2D eigenvalue weighted by atomic mass is 10.1. The van der Waals surface area contributed by atoms with E-state index in [0.29, 0.717) is 24.2 Å². The predicted molar refractivity (Wildman–Crippen MR) is 91.4 cm³/mol. The van der Waals surface area contributed by atoms with Crippen molar-refractivity contribution in [3.63, 3.8) is 0 Å². The number of hydrogen-bond acceptors (Lipinski definition) is 4. The van der Waals surface area contributed by atoms with Crippen LogP contribution in [0.2, 0.25) is 0 Å². The number of nitrogens with zero attached hydrogens (tertiary/aromatic N) is 1. The quantitative estimate of drug-likeness (QED) is 0.875. The van der Waals surface area contributed by atoms with Gasteiger partial charge in [-0.15, -0.1) is 0 Å². The summed E-state index contributed by atoms with van der Waals surface area (Å²) in [4.78, 5) is 24.2. The molecule has 0 bridgehead atoms. The summed E-state index contributed by atoms with van der Waals surface area (Å²) < 4.78 is 12.7. The van der Waals surface area contributed by atoms with Gasteiger partial charge in [-0.05, 0) is 38.0 Å². The number of fused-ring (bicyclic) bond motifs is 1. The average molecular weight is 330 g/mol. The first kappa shape index (κ1) is 16.5. The zero-order valence-electron chi connectivity index (χ0n) is 13.8. The van der Waals surface area contributed by atoms with Crippen molar-refractivity contribution in [1.82, 2.24) is 9.88 Å². The second kappa shape index (κ2) is 7.49. The summed E-state index contributed by atoms with van der Waals surface area (Å²) >= 11 is 0. The predicted octanol–water partition coefficient (Wildman–Crippen LogP) is 1.70. The molecule has 0 spiro atoms. The Morgan fingerprint density at radius 2 is 2.25 bits per heavy atom. The molecule has 24 heavy (non-hydrogen) atoms. The van der Waals surface area contributed by atoms with Gasteiger partial charge in [0.25, 0.3) is 11.5 Å². The van der Waals surface area contributed by atoms with Crippen LogP contribution in [0, 0.1) is 0 Å². The lowest BCUT2D eigenvalue weighted by Gasteiger charge is -2.12. The zero-order valence-corrected chi connectivity index (χ0v) is 13.8. The molecular formula is C18H22N2O4. The number of carbonyl (C=O) groups excluding carboxylic acids is 1. The van der Waals surface area contributed by atoms with Gasteiger partial charge in [0.1, 0.15) is 5.75 Å². The van der Waals surface area contributed by atoms with Crippen LogP contribution in [0.3, 0.4) is 0 Å². The molecule has 0 saturated carbocycles. The lowest BCUT2D eigenvalue weighted by molar-refractivity contribution is -0.123. The molecular weight excluding hydrogens is 308 g/mol. The average Bonchev–Trinajstić information content (AvgIpc) is 3.12. The standard InChI is InChI=1S/C18H22N2O4/c1-2-20-9-8-14-15(18(20)22)6-3-7-16(14)24-12-17(21)19-11-13-5-4-10-23-13/h3,6-9,13H,2,4-5,10-12H2,1H3,(H,19,21). The molecule has 6 heteroatoms. The van der Waals surface area contributed by atoms with Crippen LogP contribution in [0.1, 0.15) is 19.8 Å². The fourth-order valence-corrected chi connectivity index (χ4v) is 2.89. The number of ether oxygens (including phenoxy) is 2. The van der Waals surface area contributed by atoms with E-state index in [1.54, 1.807) is 29.0 Å². The topological polar surface area (TPSA) is 69.6 Å². The molecule has 2 aromatic rings. The van der Waals surface area contributed by atoms with Crippen LogP contribution in [-0.2, 0) is 16.1 Å². The van der Waals surface area contributed by atoms with E-state index in [4.69, 9.17) is 9.47 Å². The van der Waals surface area contributed by atoms with Crippen molar-refractivity contribution < 1.29 is 14.3 Å². The summed E-state index contributed by atoms with van der Waals surface area (Å²) in [5, 5.41) is 4.13. The zero-order chi connectivity index (χ0) is 16.9. The van der Waals surface area contributed by atoms with Crippen molar-refractivity contribution in [1.29, 1.82) is 0 Å². The Morgan fingerprint density at radius 3 is 3.00 bits per heavy atom. The number of amides is 1. The maximum atomic E-state index is 12.3.